The van der Waals surface area contributed by atoms with E-state index in [4.69, 9.17) is 0 Å². The maximum Gasteiger partial charge on any atom is 0.195 e. The van der Waals surface area contributed by atoms with E-state index in [0.29, 0.717) is 0 Å². The molecule has 0 radical (unpaired) electrons. The Morgan fingerprint density at radius 3 is 2.89 bits per heavy atom. The number of hydrogen-bond donors (Lipinski definition) is 0. The van der Waals surface area contributed by atoms with Crippen LogP contribution in [-0.4, -0.2) is 0 Å². The molecule has 0 aliphatic heterocycles. The fourth-order valence-electron chi connectivity index (χ4n) is 2.43. The van der Waals surface area contributed by atoms with Crippen LogP contribution < -0.4 is 15.2 Å². The van der Waals surface area contributed by atoms with Gasteiger partial charge in [0.1, 0.15) is 0 Å². The van der Waals surface area contributed by atoms with Gasteiger partial charge < -0.3 is 0 Å². The maximum atomic E-state index is 12.4. The predicted octanol–water partition coefficient (Wildman–Crippen LogP) is 2.64. The Morgan fingerprint density at radius 1 is 1.33 bits per heavy atom. The Bertz CT molecular complexity index is 785. The van der Waals surface area contributed by atoms with E-state index in [0.717, 1.165) is 32.7 Å². The molecular weight excluding hydrogens is 240 g/mol. The van der Waals surface area contributed by atoms with E-state index in [9.17, 15) is 4.79 Å². The Balaban J connectivity index is 2.46. The number of hydrogen-bond acceptors (Lipinski definition) is 2. The first-order valence-corrected chi connectivity index (χ1v) is 7.19. The summed E-state index contributed by atoms with van der Waals surface area (Å²) in [5.74, 6) is 0. The van der Waals surface area contributed by atoms with Crippen molar-refractivity contribution in [2.24, 2.45) is 5.41 Å². The normalized spacial score (nSPS) is 22.1. The zero-order chi connectivity index (χ0) is 12.8. The summed E-state index contributed by atoms with van der Waals surface area (Å²) in [6.07, 6.45) is 6.50. The summed E-state index contributed by atoms with van der Waals surface area (Å²) in [6, 6.07) is 7.89. The summed E-state index contributed by atoms with van der Waals surface area (Å²) in [5.41, 5.74) is 0.395. The van der Waals surface area contributed by atoms with Crippen molar-refractivity contribution in [3.8, 4) is 0 Å². The molecule has 0 N–H and O–H groups in total. The Kier molecular flexibility index (Phi) is 2.63. The zero-order valence-corrected chi connectivity index (χ0v) is 11.5. The molecule has 18 heavy (non-hydrogen) atoms. The van der Waals surface area contributed by atoms with Crippen LogP contribution in [0.2, 0.25) is 0 Å². The SMILES string of the molecule is CCC1(C)C=c2sc3ccccc3c(=O)c2=CC1. The van der Waals surface area contributed by atoms with Gasteiger partial charge >= 0.3 is 0 Å². The fourth-order valence-corrected chi connectivity index (χ4v) is 3.71. The molecule has 0 bridgehead atoms. The first-order chi connectivity index (χ1) is 8.63. The third-order valence-corrected chi connectivity index (χ3v) is 5.06. The molecular formula is C16H16OS. The third kappa shape index (κ3) is 1.72. The molecule has 92 valence electrons. The van der Waals surface area contributed by atoms with Crippen LogP contribution >= 0.6 is 11.3 Å². The molecule has 1 heterocycles. The molecule has 1 aliphatic rings. The van der Waals surface area contributed by atoms with Crippen LogP contribution in [0.15, 0.2) is 29.1 Å². The minimum absolute atomic E-state index is 0.189. The zero-order valence-electron chi connectivity index (χ0n) is 10.7. The van der Waals surface area contributed by atoms with E-state index in [-0.39, 0.29) is 10.8 Å². The van der Waals surface area contributed by atoms with Crippen molar-refractivity contribution in [3.63, 3.8) is 0 Å². The number of benzene rings is 1. The van der Waals surface area contributed by atoms with Gasteiger partial charge in [-0.05, 0) is 30.4 Å². The van der Waals surface area contributed by atoms with Crippen LogP contribution in [0.5, 0.6) is 0 Å². The predicted molar refractivity (Wildman–Crippen MR) is 79.3 cm³/mol. The maximum absolute atomic E-state index is 12.4. The van der Waals surface area contributed by atoms with Gasteiger partial charge in [-0.15, -0.1) is 11.3 Å². The molecule has 1 nitrogen and oxygen atoms in total. The highest BCUT2D eigenvalue weighted by atomic mass is 32.1. The molecule has 0 amide bonds. The highest BCUT2D eigenvalue weighted by Gasteiger charge is 2.20. The lowest BCUT2D eigenvalue weighted by Gasteiger charge is -2.24. The second-order valence-electron chi connectivity index (χ2n) is 5.27. The molecule has 0 spiro atoms. The van der Waals surface area contributed by atoms with Crippen molar-refractivity contribution in [2.45, 2.75) is 26.7 Å². The molecule has 1 atom stereocenters. The van der Waals surface area contributed by atoms with Crippen molar-refractivity contribution in [2.75, 3.05) is 0 Å². The largest absolute Gasteiger partial charge is 0.289 e. The van der Waals surface area contributed by atoms with Crippen LogP contribution in [0.25, 0.3) is 22.2 Å². The highest BCUT2D eigenvalue weighted by Crippen LogP contribution is 2.29. The smallest absolute Gasteiger partial charge is 0.195 e. The summed E-state index contributed by atoms with van der Waals surface area (Å²) in [6.45, 7) is 4.47. The van der Waals surface area contributed by atoms with Gasteiger partial charge in [-0.25, -0.2) is 0 Å². The Labute approximate surface area is 110 Å². The van der Waals surface area contributed by atoms with E-state index in [2.05, 4.69) is 26.0 Å². The van der Waals surface area contributed by atoms with Gasteiger partial charge in [0.05, 0.1) is 0 Å². The molecule has 1 unspecified atom stereocenters. The van der Waals surface area contributed by atoms with Crippen molar-refractivity contribution < 1.29 is 0 Å². The summed E-state index contributed by atoms with van der Waals surface area (Å²) in [5, 5.41) is 1.76. The van der Waals surface area contributed by atoms with Crippen molar-refractivity contribution in [1.29, 1.82) is 0 Å². The van der Waals surface area contributed by atoms with E-state index in [1.807, 2.05) is 24.3 Å². The van der Waals surface area contributed by atoms with Crippen LogP contribution in [0.3, 0.4) is 0 Å². The van der Waals surface area contributed by atoms with Gasteiger partial charge in [0.25, 0.3) is 0 Å². The molecule has 2 heteroatoms. The van der Waals surface area contributed by atoms with Crippen molar-refractivity contribution in [1.82, 2.24) is 0 Å². The highest BCUT2D eigenvalue weighted by molar-refractivity contribution is 7.16. The first kappa shape index (κ1) is 11.7. The van der Waals surface area contributed by atoms with Crippen LogP contribution in [0.4, 0.5) is 0 Å². The van der Waals surface area contributed by atoms with Crippen LogP contribution in [0, 0.1) is 5.41 Å². The quantitative estimate of drug-likeness (QED) is 0.766. The fraction of sp³-hybridized carbons (Fsp3) is 0.312. The van der Waals surface area contributed by atoms with E-state index < -0.39 is 0 Å². The Hall–Kier alpha value is -1.41. The number of rotatable bonds is 1. The lowest BCUT2D eigenvalue weighted by molar-refractivity contribution is 0.457. The van der Waals surface area contributed by atoms with Crippen LogP contribution in [-0.2, 0) is 0 Å². The lowest BCUT2D eigenvalue weighted by atomic mass is 9.81. The monoisotopic (exact) mass is 256 g/mol. The van der Waals surface area contributed by atoms with Gasteiger partial charge in [-0.3, -0.25) is 4.79 Å². The van der Waals surface area contributed by atoms with Gasteiger partial charge in [-0.1, -0.05) is 38.1 Å². The Morgan fingerprint density at radius 2 is 2.11 bits per heavy atom. The minimum atomic E-state index is 0.189. The summed E-state index contributed by atoms with van der Waals surface area (Å²) in [7, 11) is 0. The first-order valence-electron chi connectivity index (χ1n) is 6.38. The number of fused-ring (bicyclic) bond motifs is 2. The van der Waals surface area contributed by atoms with E-state index >= 15 is 0 Å². The minimum Gasteiger partial charge on any atom is -0.289 e. The second kappa shape index (κ2) is 4.06. The summed E-state index contributed by atoms with van der Waals surface area (Å²) < 4.78 is 2.24. The molecule has 0 saturated heterocycles. The molecule has 0 saturated carbocycles. The molecule has 1 aliphatic carbocycles. The van der Waals surface area contributed by atoms with Gasteiger partial charge in [0, 0.05) is 19.8 Å². The molecule has 2 aromatic rings. The van der Waals surface area contributed by atoms with Gasteiger partial charge in [-0.2, -0.15) is 0 Å². The second-order valence-corrected chi connectivity index (χ2v) is 6.35. The lowest BCUT2D eigenvalue weighted by Crippen LogP contribution is -2.41. The molecule has 1 aromatic carbocycles. The van der Waals surface area contributed by atoms with E-state index in [1.54, 1.807) is 11.3 Å². The van der Waals surface area contributed by atoms with Crippen molar-refractivity contribution >= 4 is 33.6 Å². The van der Waals surface area contributed by atoms with Crippen molar-refractivity contribution in [3.05, 3.63) is 44.2 Å². The average molecular weight is 256 g/mol. The van der Waals surface area contributed by atoms with Gasteiger partial charge in [0.15, 0.2) is 5.43 Å². The van der Waals surface area contributed by atoms with Gasteiger partial charge in [0.2, 0.25) is 0 Å². The van der Waals surface area contributed by atoms with E-state index in [1.165, 1.54) is 0 Å². The summed E-state index contributed by atoms with van der Waals surface area (Å²) >= 11 is 1.73. The molecule has 0 fully saturated rings. The standard InChI is InChI=1S/C16H16OS/c1-3-16(2)9-8-12-14(10-16)18-13-7-5-4-6-11(13)15(12)17/h4-8,10H,3,9H2,1-2H3. The van der Waals surface area contributed by atoms with Crippen LogP contribution in [0.1, 0.15) is 26.7 Å². The molecule has 3 rings (SSSR count). The average Bonchev–Trinajstić information content (AvgIpc) is 2.39. The summed E-state index contributed by atoms with van der Waals surface area (Å²) in [4.78, 5) is 12.4. The third-order valence-electron chi connectivity index (χ3n) is 3.92. The molecule has 1 aromatic heterocycles. The topological polar surface area (TPSA) is 17.1 Å².